The second-order valence-electron chi connectivity index (χ2n) is 15.5. The number of furan rings is 2. The molecule has 9 aromatic carbocycles. The maximum atomic E-state index is 9.89. The summed E-state index contributed by atoms with van der Waals surface area (Å²) in [5.41, 5.74) is 14.7. The summed E-state index contributed by atoms with van der Waals surface area (Å²) in [6, 6.07) is 68.3. The van der Waals surface area contributed by atoms with E-state index < -0.39 is 0 Å². The van der Waals surface area contributed by atoms with Crippen LogP contribution in [-0.2, 0) is 0 Å². The average molecular weight is 766 g/mol. The van der Waals surface area contributed by atoms with E-state index in [4.69, 9.17) is 8.83 Å². The van der Waals surface area contributed by atoms with E-state index >= 15 is 0 Å². The Bertz CT molecular complexity index is 3960. The number of nitrogens with zero attached hydrogens (tertiary/aromatic N) is 3. The molecule has 13 rings (SSSR count). The number of hydrogen-bond donors (Lipinski definition) is 0. The zero-order valence-electron chi connectivity index (χ0n) is 32.1. The van der Waals surface area contributed by atoms with Crippen molar-refractivity contribution in [2.45, 2.75) is 0 Å². The Labute approximate surface area is 342 Å². The van der Waals surface area contributed by atoms with Gasteiger partial charge < -0.3 is 18.0 Å². The van der Waals surface area contributed by atoms with Crippen molar-refractivity contribution in [2.75, 3.05) is 0 Å². The number of fused-ring (bicyclic) bond motifs is 14. The molecule has 4 heterocycles. The standard InChI is InChI=1S/C55H31N3O2/c56-32-35-11-1-2-12-37(35)33-21-23-34(24-22-33)38-26-25-36(57-45-17-7-3-15-43(45)52-47(57)29-27-41-39-13-5-9-19-50(39)59-54(41)52)31-49(38)58-46-18-8-4-16-44(46)53-48(58)30-28-42-40-14-6-10-20-51(40)60-55(42)53/h1-31H. The van der Waals surface area contributed by atoms with Crippen LogP contribution in [0.5, 0.6) is 0 Å². The van der Waals surface area contributed by atoms with Crippen LogP contribution in [0.4, 0.5) is 0 Å². The second-order valence-corrected chi connectivity index (χ2v) is 15.5. The Morgan fingerprint density at radius 3 is 1.50 bits per heavy atom. The first-order valence-corrected chi connectivity index (χ1v) is 20.1. The van der Waals surface area contributed by atoms with E-state index in [0.29, 0.717) is 5.56 Å². The number of nitriles is 1. The molecule has 0 radical (unpaired) electrons. The van der Waals surface area contributed by atoms with Crippen molar-refractivity contribution in [3.63, 3.8) is 0 Å². The molecule has 0 amide bonds. The number of hydrogen-bond acceptors (Lipinski definition) is 3. The highest BCUT2D eigenvalue weighted by atomic mass is 16.3. The van der Waals surface area contributed by atoms with Crippen molar-refractivity contribution in [1.82, 2.24) is 9.13 Å². The summed E-state index contributed by atoms with van der Waals surface area (Å²) in [6.45, 7) is 0. The minimum Gasteiger partial charge on any atom is -0.455 e. The summed E-state index contributed by atoms with van der Waals surface area (Å²) in [5.74, 6) is 0. The fourth-order valence-corrected chi connectivity index (χ4v) is 9.76. The van der Waals surface area contributed by atoms with Crippen molar-refractivity contribution < 1.29 is 8.83 Å². The predicted molar refractivity (Wildman–Crippen MR) is 245 cm³/mol. The summed E-state index contributed by atoms with van der Waals surface area (Å²) >= 11 is 0. The molecule has 13 aromatic rings. The Kier molecular flexibility index (Phi) is 6.73. The third kappa shape index (κ3) is 4.50. The van der Waals surface area contributed by atoms with E-state index in [-0.39, 0.29) is 0 Å². The highest BCUT2D eigenvalue weighted by molar-refractivity contribution is 6.25. The monoisotopic (exact) mass is 765 g/mol. The van der Waals surface area contributed by atoms with Gasteiger partial charge in [0.1, 0.15) is 22.3 Å². The first-order valence-electron chi connectivity index (χ1n) is 20.1. The smallest absolute Gasteiger partial charge is 0.145 e. The van der Waals surface area contributed by atoms with Crippen molar-refractivity contribution in [2.24, 2.45) is 0 Å². The van der Waals surface area contributed by atoms with E-state index in [1.165, 1.54) is 0 Å². The summed E-state index contributed by atoms with van der Waals surface area (Å²) < 4.78 is 18.1. The van der Waals surface area contributed by atoms with Crippen LogP contribution in [0.15, 0.2) is 197 Å². The van der Waals surface area contributed by atoms with Crippen LogP contribution < -0.4 is 0 Å². The van der Waals surface area contributed by atoms with Crippen LogP contribution in [0, 0.1) is 11.3 Å². The van der Waals surface area contributed by atoms with Crippen LogP contribution in [0.3, 0.4) is 0 Å². The van der Waals surface area contributed by atoms with Gasteiger partial charge in [-0.15, -0.1) is 0 Å². The minimum absolute atomic E-state index is 0.656. The summed E-state index contributed by atoms with van der Waals surface area (Å²) in [7, 11) is 0. The lowest BCUT2D eigenvalue weighted by atomic mass is 9.96. The lowest BCUT2D eigenvalue weighted by Gasteiger charge is -2.18. The van der Waals surface area contributed by atoms with Crippen LogP contribution in [0.2, 0.25) is 0 Å². The SMILES string of the molecule is N#Cc1ccccc1-c1ccc(-c2ccc(-n3c4ccccc4c4c5oc6ccccc6c5ccc43)cc2-n2c3ccccc3c3c4oc5ccccc5c4ccc32)cc1. The van der Waals surface area contributed by atoms with Gasteiger partial charge in [-0.1, -0.05) is 121 Å². The molecule has 0 spiro atoms. The fraction of sp³-hybridized carbons (Fsp3) is 0. The van der Waals surface area contributed by atoms with Gasteiger partial charge in [0.15, 0.2) is 0 Å². The van der Waals surface area contributed by atoms with E-state index in [2.05, 4.69) is 155 Å². The molecule has 5 nitrogen and oxygen atoms in total. The lowest BCUT2D eigenvalue weighted by molar-refractivity contribution is 0.672. The molecule has 0 bridgehead atoms. The van der Waals surface area contributed by atoms with Gasteiger partial charge in [-0.2, -0.15) is 5.26 Å². The quantitative estimate of drug-likeness (QED) is 0.179. The molecule has 278 valence electrons. The average Bonchev–Trinajstić information content (AvgIpc) is 4.06. The fourth-order valence-electron chi connectivity index (χ4n) is 9.76. The minimum atomic E-state index is 0.656. The molecule has 0 aliphatic rings. The molecule has 0 atom stereocenters. The summed E-state index contributed by atoms with van der Waals surface area (Å²) in [6.07, 6.45) is 0. The molecule has 60 heavy (non-hydrogen) atoms. The molecular weight excluding hydrogens is 735 g/mol. The highest BCUT2D eigenvalue weighted by Crippen LogP contribution is 2.45. The van der Waals surface area contributed by atoms with E-state index in [9.17, 15) is 5.26 Å². The van der Waals surface area contributed by atoms with Gasteiger partial charge in [-0.3, -0.25) is 0 Å². The molecule has 0 aliphatic heterocycles. The summed E-state index contributed by atoms with van der Waals surface area (Å²) in [5, 5.41) is 18.8. The molecule has 0 saturated carbocycles. The van der Waals surface area contributed by atoms with Gasteiger partial charge >= 0.3 is 0 Å². The summed E-state index contributed by atoms with van der Waals surface area (Å²) in [4.78, 5) is 0. The number of aromatic nitrogens is 2. The van der Waals surface area contributed by atoms with Gasteiger partial charge in [-0.25, -0.2) is 0 Å². The molecule has 0 fully saturated rings. The molecule has 0 unspecified atom stereocenters. The third-order valence-electron chi connectivity index (χ3n) is 12.4. The van der Waals surface area contributed by atoms with Crippen LogP contribution >= 0.6 is 0 Å². The first-order chi connectivity index (χ1) is 29.7. The van der Waals surface area contributed by atoms with Crippen molar-refractivity contribution in [3.8, 4) is 39.7 Å². The first kappa shape index (κ1) is 32.7. The van der Waals surface area contributed by atoms with E-state index in [0.717, 1.165) is 121 Å². The van der Waals surface area contributed by atoms with Gasteiger partial charge in [0.05, 0.1) is 50.2 Å². The van der Waals surface area contributed by atoms with Crippen LogP contribution in [0.25, 0.3) is 121 Å². The number of para-hydroxylation sites is 4. The van der Waals surface area contributed by atoms with Crippen LogP contribution in [0.1, 0.15) is 5.56 Å². The molecule has 5 heteroatoms. The molecule has 0 N–H and O–H groups in total. The highest BCUT2D eigenvalue weighted by Gasteiger charge is 2.23. The zero-order valence-corrected chi connectivity index (χ0v) is 32.1. The Balaban J connectivity index is 1.11. The second kappa shape index (κ2) is 12.3. The van der Waals surface area contributed by atoms with Crippen molar-refractivity contribution >= 4 is 87.5 Å². The molecule has 0 saturated heterocycles. The Morgan fingerprint density at radius 2 is 0.883 bits per heavy atom. The molecule has 0 aliphatic carbocycles. The zero-order chi connectivity index (χ0) is 39.5. The third-order valence-corrected chi connectivity index (χ3v) is 12.4. The maximum absolute atomic E-state index is 9.89. The normalized spacial score (nSPS) is 12.0. The Morgan fingerprint density at radius 1 is 0.383 bits per heavy atom. The predicted octanol–water partition coefficient (Wildman–Crippen LogP) is 14.9. The van der Waals surface area contributed by atoms with Crippen molar-refractivity contribution in [1.29, 1.82) is 5.26 Å². The van der Waals surface area contributed by atoms with E-state index in [1.807, 2.05) is 48.5 Å². The number of benzene rings is 9. The largest absolute Gasteiger partial charge is 0.455 e. The molecule has 4 aromatic heterocycles. The topological polar surface area (TPSA) is 59.9 Å². The van der Waals surface area contributed by atoms with Gasteiger partial charge in [0.25, 0.3) is 0 Å². The van der Waals surface area contributed by atoms with E-state index in [1.54, 1.807) is 0 Å². The molecular formula is C55H31N3O2. The van der Waals surface area contributed by atoms with Crippen molar-refractivity contribution in [3.05, 3.63) is 194 Å². The lowest BCUT2D eigenvalue weighted by Crippen LogP contribution is -2.01. The Hall–Kier alpha value is -8.33. The number of rotatable bonds is 4. The van der Waals surface area contributed by atoms with Gasteiger partial charge in [0.2, 0.25) is 0 Å². The van der Waals surface area contributed by atoms with Crippen LogP contribution in [-0.4, -0.2) is 9.13 Å². The van der Waals surface area contributed by atoms with Gasteiger partial charge in [0, 0.05) is 43.6 Å². The maximum Gasteiger partial charge on any atom is 0.145 e. The van der Waals surface area contributed by atoms with Gasteiger partial charge in [-0.05, 0) is 83.4 Å².